The Balaban J connectivity index is 2.58. The second kappa shape index (κ2) is 6.06. The average Bonchev–Trinajstić information content (AvgIpc) is 2.48. The lowest BCUT2D eigenvalue weighted by molar-refractivity contribution is 0.103. The van der Waals surface area contributed by atoms with Crippen LogP contribution in [0.1, 0.15) is 21.5 Å². The number of carbonyl (C=O) groups is 1. The van der Waals surface area contributed by atoms with Crippen molar-refractivity contribution in [1.82, 2.24) is 0 Å². The van der Waals surface area contributed by atoms with Crippen LogP contribution in [0.2, 0.25) is 5.02 Å². The van der Waals surface area contributed by atoms with Gasteiger partial charge in [0.25, 0.3) is 0 Å². The smallest absolute Gasteiger partial charge is 0.198 e. The molecule has 4 nitrogen and oxygen atoms in total. The van der Waals surface area contributed by atoms with E-state index in [2.05, 4.69) is 0 Å². The quantitative estimate of drug-likeness (QED) is 0.694. The molecular formula is C16H16ClNO3. The second-order valence-corrected chi connectivity index (χ2v) is 4.96. The van der Waals surface area contributed by atoms with Crippen LogP contribution in [0.15, 0.2) is 30.3 Å². The van der Waals surface area contributed by atoms with Gasteiger partial charge < -0.3 is 15.2 Å². The fourth-order valence-electron chi connectivity index (χ4n) is 2.09. The Morgan fingerprint density at radius 1 is 1.10 bits per heavy atom. The molecule has 2 aromatic carbocycles. The van der Waals surface area contributed by atoms with Crippen molar-refractivity contribution in [2.45, 2.75) is 6.92 Å². The molecule has 0 radical (unpaired) electrons. The molecular weight excluding hydrogens is 290 g/mol. The number of aryl methyl sites for hydroxylation is 1. The zero-order valence-electron chi connectivity index (χ0n) is 12.1. The Morgan fingerprint density at radius 3 is 2.43 bits per heavy atom. The molecule has 0 amide bonds. The first-order chi connectivity index (χ1) is 9.99. The second-order valence-electron chi connectivity index (χ2n) is 4.58. The van der Waals surface area contributed by atoms with E-state index in [1.54, 1.807) is 24.3 Å². The van der Waals surface area contributed by atoms with Gasteiger partial charge in [-0.05, 0) is 31.2 Å². The number of hydrogen-bond acceptors (Lipinski definition) is 4. The van der Waals surface area contributed by atoms with Crippen LogP contribution in [0.3, 0.4) is 0 Å². The number of nitrogens with two attached hydrogens (primary N) is 1. The van der Waals surface area contributed by atoms with Crippen molar-refractivity contribution in [3.8, 4) is 11.5 Å². The normalized spacial score (nSPS) is 10.3. The third-order valence-corrected chi connectivity index (χ3v) is 3.54. The molecule has 0 aliphatic carbocycles. The fourth-order valence-corrected chi connectivity index (χ4v) is 2.40. The summed E-state index contributed by atoms with van der Waals surface area (Å²) in [6.07, 6.45) is 0. The van der Waals surface area contributed by atoms with Gasteiger partial charge in [-0.2, -0.15) is 0 Å². The van der Waals surface area contributed by atoms with Crippen LogP contribution in [-0.4, -0.2) is 20.0 Å². The Hall–Kier alpha value is -2.20. The molecule has 0 aromatic heterocycles. The van der Waals surface area contributed by atoms with E-state index in [0.29, 0.717) is 22.6 Å². The Morgan fingerprint density at radius 2 is 1.81 bits per heavy atom. The predicted octanol–water partition coefficient (Wildman–Crippen LogP) is 3.48. The minimum Gasteiger partial charge on any atom is -0.495 e. The van der Waals surface area contributed by atoms with Crippen molar-refractivity contribution < 1.29 is 14.3 Å². The van der Waals surface area contributed by atoms with Crippen molar-refractivity contribution in [3.05, 3.63) is 52.0 Å². The van der Waals surface area contributed by atoms with Crippen LogP contribution in [0.5, 0.6) is 11.5 Å². The molecule has 2 N–H and O–H groups in total. The van der Waals surface area contributed by atoms with Gasteiger partial charge in [0.05, 0.1) is 19.8 Å². The lowest BCUT2D eigenvalue weighted by atomic mass is 9.99. The van der Waals surface area contributed by atoms with E-state index in [0.717, 1.165) is 5.56 Å². The molecule has 0 spiro atoms. The van der Waals surface area contributed by atoms with E-state index < -0.39 is 0 Å². The van der Waals surface area contributed by atoms with Gasteiger partial charge in [-0.15, -0.1) is 0 Å². The maximum Gasteiger partial charge on any atom is 0.198 e. The SMILES string of the molecule is COc1ccc(C(=O)c2cc(C)ccc2N)c(OC)c1Cl. The molecule has 0 heterocycles. The zero-order chi connectivity index (χ0) is 15.6. The van der Waals surface area contributed by atoms with Gasteiger partial charge in [-0.25, -0.2) is 0 Å². The van der Waals surface area contributed by atoms with Crippen LogP contribution >= 0.6 is 11.6 Å². The average molecular weight is 306 g/mol. The van der Waals surface area contributed by atoms with E-state index in [9.17, 15) is 4.79 Å². The summed E-state index contributed by atoms with van der Waals surface area (Å²) >= 11 is 6.18. The van der Waals surface area contributed by atoms with Crippen LogP contribution in [0.25, 0.3) is 0 Å². The summed E-state index contributed by atoms with van der Waals surface area (Å²) in [6.45, 7) is 1.90. The summed E-state index contributed by atoms with van der Waals surface area (Å²) in [5, 5.41) is 0.261. The summed E-state index contributed by atoms with van der Waals surface area (Å²) in [5.41, 5.74) is 8.03. The molecule has 2 aromatic rings. The van der Waals surface area contributed by atoms with Crippen molar-refractivity contribution >= 4 is 23.1 Å². The number of ether oxygens (including phenoxy) is 2. The Labute approximate surface area is 128 Å². The molecule has 5 heteroatoms. The fraction of sp³-hybridized carbons (Fsp3) is 0.188. The molecule has 0 aliphatic heterocycles. The summed E-state index contributed by atoms with van der Waals surface area (Å²) in [4.78, 5) is 12.7. The first kappa shape index (κ1) is 15.2. The Kier molecular flexibility index (Phi) is 4.38. The highest BCUT2D eigenvalue weighted by atomic mass is 35.5. The van der Waals surface area contributed by atoms with Crippen molar-refractivity contribution in [2.24, 2.45) is 0 Å². The third-order valence-electron chi connectivity index (χ3n) is 3.18. The van der Waals surface area contributed by atoms with E-state index in [1.807, 2.05) is 13.0 Å². The maximum atomic E-state index is 12.7. The molecule has 0 atom stereocenters. The van der Waals surface area contributed by atoms with E-state index in [4.69, 9.17) is 26.8 Å². The lowest BCUT2D eigenvalue weighted by Gasteiger charge is -2.13. The molecule has 0 unspecified atom stereocenters. The monoisotopic (exact) mass is 305 g/mol. The first-order valence-electron chi connectivity index (χ1n) is 6.31. The van der Waals surface area contributed by atoms with Gasteiger partial charge in [-0.3, -0.25) is 4.79 Å². The third kappa shape index (κ3) is 2.81. The van der Waals surface area contributed by atoms with Crippen molar-refractivity contribution in [3.63, 3.8) is 0 Å². The standard InChI is InChI=1S/C16H16ClNO3/c1-9-4-6-12(18)11(8-9)15(19)10-5-7-13(20-2)14(17)16(10)21-3/h4-8H,18H2,1-3H3. The zero-order valence-corrected chi connectivity index (χ0v) is 12.8. The van der Waals surface area contributed by atoms with Crippen molar-refractivity contribution in [1.29, 1.82) is 0 Å². The van der Waals surface area contributed by atoms with Crippen LogP contribution in [0, 0.1) is 6.92 Å². The number of rotatable bonds is 4. The van der Waals surface area contributed by atoms with E-state index in [1.165, 1.54) is 14.2 Å². The number of ketones is 1. The molecule has 0 fully saturated rings. The number of methoxy groups -OCH3 is 2. The van der Waals surface area contributed by atoms with Crippen LogP contribution in [-0.2, 0) is 0 Å². The molecule has 0 bridgehead atoms. The Bertz CT molecular complexity index is 698. The summed E-state index contributed by atoms with van der Waals surface area (Å²) < 4.78 is 10.4. The largest absolute Gasteiger partial charge is 0.495 e. The minimum absolute atomic E-state index is 0.238. The molecule has 110 valence electrons. The summed E-state index contributed by atoms with van der Waals surface area (Å²) in [5.74, 6) is 0.488. The predicted molar refractivity (Wildman–Crippen MR) is 83.6 cm³/mol. The molecule has 2 rings (SSSR count). The van der Waals surface area contributed by atoms with Gasteiger partial charge in [0.2, 0.25) is 0 Å². The van der Waals surface area contributed by atoms with E-state index >= 15 is 0 Å². The topological polar surface area (TPSA) is 61.5 Å². The number of nitrogen functional groups attached to an aromatic ring is 1. The van der Waals surface area contributed by atoms with E-state index in [-0.39, 0.29) is 16.6 Å². The number of anilines is 1. The van der Waals surface area contributed by atoms with Crippen LogP contribution < -0.4 is 15.2 Å². The number of halogens is 1. The first-order valence-corrected chi connectivity index (χ1v) is 6.68. The highest BCUT2D eigenvalue weighted by Crippen LogP contribution is 2.38. The molecule has 21 heavy (non-hydrogen) atoms. The molecule has 0 saturated heterocycles. The summed E-state index contributed by atoms with van der Waals surface area (Å²) in [7, 11) is 2.96. The lowest BCUT2D eigenvalue weighted by Crippen LogP contribution is -2.08. The van der Waals surface area contributed by atoms with Crippen LogP contribution in [0.4, 0.5) is 5.69 Å². The number of hydrogen-bond donors (Lipinski definition) is 1. The molecule has 0 aliphatic rings. The highest BCUT2D eigenvalue weighted by molar-refractivity contribution is 6.34. The minimum atomic E-state index is -0.238. The van der Waals surface area contributed by atoms with Gasteiger partial charge in [0, 0.05) is 11.3 Å². The van der Waals surface area contributed by atoms with Gasteiger partial charge in [0.1, 0.15) is 10.8 Å². The van der Waals surface area contributed by atoms with Gasteiger partial charge in [-0.1, -0.05) is 23.2 Å². The van der Waals surface area contributed by atoms with Gasteiger partial charge in [0.15, 0.2) is 11.5 Å². The van der Waals surface area contributed by atoms with Gasteiger partial charge >= 0.3 is 0 Å². The number of benzene rings is 2. The number of carbonyl (C=O) groups excluding carboxylic acids is 1. The highest BCUT2D eigenvalue weighted by Gasteiger charge is 2.21. The maximum absolute atomic E-state index is 12.7. The summed E-state index contributed by atoms with van der Waals surface area (Å²) in [6, 6.07) is 8.55. The molecule has 0 saturated carbocycles. The van der Waals surface area contributed by atoms with Crippen molar-refractivity contribution in [2.75, 3.05) is 20.0 Å².